The molecule has 2 N–H and O–H groups in total. The van der Waals surface area contributed by atoms with E-state index in [1.807, 2.05) is 12.1 Å². The minimum Gasteiger partial charge on any atom is -0.454 e. The van der Waals surface area contributed by atoms with Crippen LogP contribution in [0.15, 0.2) is 36.4 Å². The van der Waals surface area contributed by atoms with E-state index in [4.69, 9.17) is 45.3 Å². The van der Waals surface area contributed by atoms with E-state index in [0.717, 1.165) is 5.56 Å². The van der Waals surface area contributed by atoms with Crippen LogP contribution >= 0.6 is 34.8 Å². The molecule has 0 amide bonds. The van der Waals surface area contributed by atoms with Crippen molar-refractivity contribution in [1.82, 2.24) is 0 Å². The third-order valence-electron chi connectivity index (χ3n) is 2.57. The molecule has 2 nitrogen and oxygen atoms in total. The van der Waals surface area contributed by atoms with Crippen molar-refractivity contribution in [3.8, 4) is 11.5 Å². The lowest BCUT2D eigenvalue weighted by Gasteiger charge is -2.13. The van der Waals surface area contributed by atoms with Crippen LogP contribution in [-0.4, -0.2) is 6.54 Å². The largest absolute Gasteiger partial charge is 0.454 e. The lowest BCUT2D eigenvalue weighted by Crippen LogP contribution is -2.04. The maximum absolute atomic E-state index is 6.17. The molecule has 100 valence electrons. The van der Waals surface area contributed by atoms with Gasteiger partial charge in [-0.15, -0.1) is 0 Å². The normalized spacial score (nSPS) is 10.5. The Labute approximate surface area is 127 Å². The average molecular weight is 317 g/mol. The fourth-order valence-corrected chi connectivity index (χ4v) is 2.24. The van der Waals surface area contributed by atoms with Gasteiger partial charge in [0.2, 0.25) is 0 Å². The van der Waals surface area contributed by atoms with Gasteiger partial charge in [-0.2, -0.15) is 0 Å². The molecule has 0 bridgehead atoms. The molecule has 0 aliphatic heterocycles. The summed E-state index contributed by atoms with van der Waals surface area (Å²) in [5.41, 5.74) is 6.52. The highest BCUT2D eigenvalue weighted by Crippen LogP contribution is 2.37. The summed E-state index contributed by atoms with van der Waals surface area (Å²) in [5.74, 6) is 1.04. The first-order chi connectivity index (χ1) is 9.11. The number of hydrogen-bond donors (Lipinski definition) is 1. The third kappa shape index (κ3) is 3.54. The molecule has 0 fully saturated rings. The average Bonchev–Trinajstić information content (AvgIpc) is 2.38. The van der Waals surface area contributed by atoms with Crippen LogP contribution in [0.5, 0.6) is 11.5 Å². The first-order valence-corrected chi connectivity index (χ1v) is 6.85. The Hall–Kier alpha value is -0.930. The fourth-order valence-electron chi connectivity index (χ4n) is 1.69. The van der Waals surface area contributed by atoms with Crippen molar-refractivity contribution in [2.24, 2.45) is 5.73 Å². The lowest BCUT2D eigenvalue weighted by molar-refractivity contribution is 0.477. The monoisotopic (exact) mass is 315 g/mol. The van der Waals surface area contributed by atoms with Gasteiger partial charge in [0.1, 0.15) is 11.5 Å². The number of benzene rings is 2. The van der Waals surface area contributed by atoms with Crippen LogP contribution in [0.25, 0.3) is 0 Å². The van der Waals surface area contributed by atoms with Crippen molar-refractivity contribution in [2.75, 3.05) is 6.54 Å². The summed E-state index contributed by atoms with van der Waals surface area (Å²) in [4.78, 5) is 0. The number of para-hydroxylation sites is 1. The summed E-state index contributed by atoms with van der Waals surface area (Å²) in [6.07, 6.45) is 0.675. The molecular weight excluding hydrogens is 305 g/mol. The molecule has 2 rings (SSSR count). The van der Waals surface area contributed by atoms with Gasteiger partial charge in [-0.3, -0.25) is 0 Å². The standard InChI is InChI=1S/C14H12Cl3NO/c15-10-4-5-11(16)13(8-10)19-14-9(6-7-18)2-1-3-12(14)17/h1-5,8H,6-7,18H2. The fraction of sp³-hybridized carbons (Fsp3) is 0.143. The Bertz CT molecular complexity index is 587. The van der Waals surface area contributed by atoms with Crippen LogP contribution in [0.4, 0.5) is 0 Å². The number of ether oxygens (including phenoxy) is 1. The molecule has 0 spiro atoms. The molecular formula is C14H12Cl3NO. The minimum absolute atomic E-state index is 0.473. The third-order valence-corrected chi connectivity index (χ3v) is 3.41. The van der Waals surface area contributed by atoms with Crippen LogP contribution < -0.4 is 10.5 Å². The summed E-state index contributed by atoms with van der Waals surface area (Å²) in [7, 11) is 0. The molecule has 2 aromatic rings. The van der Waals surface area contributed by atoms with Crippen molar-refractivity contribution in [3.05, 3.63) is 57.0 Å². The Morgan fingerprint density at radius 2 is 1.79 bits per heavy atom. The van der Waals surface area contributed by atoms with E-state index >= 15 is 0 Å². The Kier molecular flexibility index (Phi) is 4.94. The van der Waals surface area contributed by atoms with Crippen molar-refractivity contribution in [3.63, 3.8) is 0 Å². The predicted octanol–water partition coefficient (Wildman–Crippen LogP) is 4.94. The molecule has 0 saturated heterocycles. The van der Waals surface area contributed by atoms with Crippen LogP contribution in [0.2, 0.25) is 15.1 Å². The topological polar surface area (TPSA) is 35.2 Å². The van der Waals surface area contributed by atoms with E-state index in [1.54, 1.807) is 24.3 Å². The first kappa shape index (κ1) is 14.5. The molecule has 0 aliphatic rings. The van der Waals surface area contributed by atoms with Gasteiger partial charge in [-0.1, -0.05) is 46.9 Å². The highest BCUT2D eigenvalue weighted by molar-refractivity contribution is 6.34. The number of nitrogens with two attached hydrogens (primary N) is 1. The highest BCUT2D eigenvalue weighted by atomic mass is 35.5. The van der Waals surface area contributed by atoms with Gasteiger partial charge < -0.3 is 10.5 Å². The summed E-state index contributed by atoms with van der Waals surface area (Å²) in [6, 6.07) is 10.6. The Morgan fingerprint density at radius 3 is 2.53 bits per heavy atom. The predicted molar refractivity (Wildman–Crippen MR) is 80.7 cm³/mol. The second kappa shape index (κ2) is 6.49. The van der Waals surface area contributed by atoms with Crippen molar-refractivity contribution >= 4 is 34.8 Å². The van der Waals surface area contributed by atoms with Crippen molar-refractivity contribution in [1.29, 1.82) is 0 Å². The van der Waals surface area contributed by atoms with Crippen molar-refractivity contribution < 1.29 is 4.74 Å². The summed E-state index contributed by atoms with van der Waals surface area (Å²) in [6.45, 7) is 0.514. The van der Waals surface area contributed by atoms with Crippen molar-refractivity contribution in [2.45, 2.75) is 6.42 Å². The zero-order valence-corrected chi connectivity index (χ0v) is 12.3. The van der Waals surface area contributed by atoms with Crippen LogP contribution in [0.1, 0.15) is 5.56 Å². The first-order valence-electron chi connectivity index (χ1n) is 5.72. The van der Waals surface area contributed by atoms with E-state index in [1.165, 1.54) is 0 Å². The molecule has 0 radical (unpaired) electrons. The molecule has 0 heterocycles. The maximum Gasteiger partial charge on any atom is 0.149 e. The molecule has 5 heteroatoms. The number of hydrogen-bond acceptors (Lipinski definition) is 2. The Balaban J connectivity index is 2.39. The Morgan fingerprint density at radius 1 is 1.00 bits per heavy atom. The quantitative estimate of drug-likeness (QED) is 0.867. The molecule has 19 heavy (non-hydrogen) atoms. The second-order valence-corrected chi connectivity index (χ2v) is 5.19. The second-order valence-electron chi connectivity index (χ2n) is 3.94. The number of halogens is 3. The van der Waals surface area contributed by atoms with Gasteiger partial charge in [-0.05, 0) is 36.7 Å². The zero-order valence-electron chi connectivity index (χ0n) is 10.00. The molecule has 0 unspecified atom stereocenters. The van der Waals surface area contributed by atoms with E-state index in [-0.39, 0.29) is 0 Å². The summed E-state index contributed by atoms with van der Waals surface area (Å²) in [5, 5.41) is 1.54. The maximum atomic E-state index is 6.17. The van der Waals surface area contributed by atoms with Gasteiger partial charge in [-0.25, -0.2) is 0 Å². The van der Waals surface area contributed by atoms with Crippen LogP contribution in [0, 0.1) is 0 Å². The highest BCUT2D eigenvalue weighted by Gasteiger charge is 2.11. The van der Waals surface area contributed by atoms with Crippen LogP contribution in [-0.2, 0) is 6.42 Å². The van der Waals surface area contributed by atoms with Gasteiger partial charge in [0.15, 0.2) is 0 Å². The molecule has 2 aromatic carbocycles. The lowest BCUT2D eigenvalue weighted by atomic mass is 10.1. The summed E-state index contributed by atoms with van der Waals surface area (Å²) < 4.78 is 5.80. The van der Waals surface area contributed by atoms with Gasteiger partial charge in [0, 0.05) is 11.1 Å². The molecule has 0 aromatic heterocycles. The van der Waals surface area contributed by atoms with E-state index in [9.17, 15) is 0 Å². The van der Waals surface area contributed by atoms with Gasteiger partial charge in [0.05, 0.1) is 10.0 Å². The molecule has 0 aliphatic carbocycles. The molecule has 0 saturated carbocycles. The van der Waals surface area contributed by atoms with E-state index < -0.39 is 0 Å². The minimum atomic E-state index is 0.473. The van der Waals surface area contributed by atoms with Gasteiger partial charge >= 0.3 is 0 Å². The number of rotatable bonds is 4. The summed E-state index contributed by atoms with van der Waals surface area (Å²) >= 11 is 18.2. The SMILES string of the molecule is NCCc1cccc(Cl)c1Oc1cc(Cl)ccc1Cl. The smallest absolute Gasteiger partial charge is 0.149 e. The molecule has 0 atom stereocenters. The zero-order chi connectivity index (χ0) is 13.8. The van der Waals surface area contributed by atoms with Crippen LogP contribution in [0.3, 0.4) is 0 Å². The van der Waals surface area contributed by atoms with E-state index in [2.05, 4.69) is 0 Å². The van der Waals surface area contributed by atoms with E-state index in [0.29, 0.717) is 39.5 Å². The van der Waals surface area contributed by atoms with Gasteiger partial charge in [0.25, 0.3) is 0 Å².